The first-order valence-corrected chi connectivity index (χ1v) is 5.00. The van der Waals surface area contributed by atoms with E-state index in [1.165, 1.54) is 12.1 Å². The number of hydrogen-bond donors (Lipinski definition) is 3. The van der Waals surface area contributed by atoms with Crippen LogP contribution in [0.2, 0.25) is 0 Å². The third kappa shape index (κ3) is 2.25. The van der Waals surface area contributed by atoms with E-state index in [9.17, 15) is 14.4 Å². The number of nitrogens with one attached hydrogen (secondary N) is 2. The number of carbonyl (C=O) groups excluding carboxylic acids is 2. The Morgan fingerprint density at radius 1 is 1.12 bits per heavy atom. The Morgan fingerprint density at radius 3 is 2.12 bits per heavy atom. The lowest BCUT2D eigenvalue weighted by molar-refractivity contribution is -0.127. The summed E-state index contributed by atoms with van der Waals surface area (Å²) in [6.45, 7) is 0. The quantitative estimate of drug-likeness (QED) is 0.626. The Bertz CT molecular complexity index is 465. The van der Waals surface area contributed by atoms with Gasteiger partial charge in [-0.15, -0.1) is 0 Å². The van der Waals surface area contributed by atoms with Gasteiger partial charge in [0.1, 0.15) is 5.92 Å². The van der Waals surface area contributed by atoms with Crippen LogP contribution in [-0.4, -0.2) is 22.9 Å². The van der Waals surface area contributed by atoms with E-state index in [0.717, 1.165) is 5.56 Å². The van der Waals surface area contributed by atoms with E-state index in [0.29, 0.717) is 0 Å². The number of carboxylic acid groups (broad SMARTS) is 1. The summed E-state index contributed by atoms with van der Waals surface area (Å²) in [7, 11) is 0. The molecule has 88 valence electrons. The van der Waals surface area contributed by atoms with Crippen LogP contribution >= 0.6 is 0 Å². The molecule has 1 saturated heterocycles. The summed E-state index contributed by atoms with van der Waals surface area (Å²) >= 11 is 0. The second-order valence-electron chi connectivity index (χ2n) is 3.74. The van der Waals surface area contributed by atoms with Crippen LogP contribution in [0.5, 0.6) is 0 Å². The van der Waals surface area contributed by atoms with Crippen molar-refractivity contribution in [2.75, 3.05) is 0 Å². The number of benzene rings is 1. The van der Waals surface area contributed by atoms with Gasteiger partial charge in [0.15, 0.2) is 0 Å². The molecule has 0 unspecified atom stereocenters. The molecule has 2 rings (SSSR count). The largest absolute Gasteiger partial charge is 0.478 e. The second kappa shape index (κ2) is 4.25. The van der Waals surface area contributed by atoms with Crippen LogP contribution in [0.3, 0.4) is 0 Å². The monoisotopic (exact) mass is 234 g/mol. The molecule has 1 aromatic rings. The molecular formula is C11H10N2O4. The maximum atomic E-state index is 11.3. The number of carbonyl (C=O) groups is 3. The maximum absolute atomic E-state index is 11.3. The summed E-state index contributed by atoms with van der Waals surface area (Å²) in [5.74, 6) is -2.48. The van der Waals surface area contributed by atoms with Crippen molar-refractivity contribution in [3.8, 4) is 0 Å². The minimum atomic E-state index is -1.01. The van der Waals surface area contributed by atoms with Crippen molar-refractivity contribution in [3.63, 3.8) is 0 Å². The van der Waals surface area contributed by atoms with Crippen molar-refractivity contribution in [2.24, 2.45) is 5.92 Å². The molecule has 2 amide bonds. The van der Waals surface area contributed by atoms with E-state index >= 15 is 0 Å². The highest BCUT2D eigenvalue weighted by Gasteiger charge is 2.32. The van der Waals surface area contributed by atoms with Gasteiger partial charge in [-0.1, -0.05) is 12.1 Å². The molecule has 1 heterocycles. The van der Waals surface area contributed by atoms with Crippen molar-refractivity contribution in [1.82, 2.24) is 10.9 Å². The van der Waals surface area contributed by atoms with Crippen molar-refractivity contribution in [2.45, 2.75) is 6.42 Å². The van der Waals surface area contributed by atoms with E-state index < -0.39 is 11.9 Å². The molecule has 3 N–H and O–H groups in total. The van der Waals surface area contributed by atoms with Crippen LogP contribution < -0.4 is 10.9 Å². The molecule has 1 aliphatic rings. The highest BCUT2D eigenvalue weighted by Crippen LogP contribution is 2.13. The summed E-state index contributed by atoms with van der Waals surface area (Å²) in [6.07, 6.45) is 0.261. The van der Waals surface area contributed by atoms with Crippen molar-refractivity contribution >= 4 is 17.8 Å². The Labute approximate surface area is 96.6 Å². The normalized spacial score (nSPS) is 15.5. The lowest BCUT2D eigenvalue weighted by atomic mass is 9.98. The fourth-order valence-corrected chi connectivity index (χ4v) is 1.62. The summed E-state index contributed by atoms with van der Waals surface area (Å²) in [5.41, 5.74) is 5.39. The molecule has 0 radical (unpaired) electrons. The lowest BCUT2D eigenvalue weighted by Gasteiger charge is -2.04. The molecule has 0 saturated carbocycles. The molecule has 0 aromatic heterocycles. The van der Waals surface area contributed by atoms with Gasteiger partial charge >= 0.3 is 5.97 Å². The first-order chi connectivity index (χ1) is 8.08. The van der Waals surface area contributed by atoms with E-state index in [2.05, 4.69) is 10.9 Å². The van der Waals surface area contributed by atoms with Gasteiger partial charge in [-0.25, -0.2) is 4.79 Å². The first-order valence-electron chi connectivity index (χ1n) is 5.00. The maximum Gasteiger partial charge on any atom is 0.335 e. The molecule has 1 fully saturated rings. The highest BCUT2D eigenvalue weighted by atomic mass is 16.4. The van der Waals surface area contributed by atoms with E-state index in [-0.39, 0.29) is 23.8 Å². The van der Waals surface area contributed by atoms with Gasteiger partial charge in [0.05, 0.1) is 5.56 Å². The molecule has 6 nitrogen and oxygen atoms in total. The molecule has 0 spiro atoms. The average molecular weight is 234 g/mol. The zero-order chi connectivity index (χ0) is 12.4. The minimum absolute atomic E-state index is 0.175. The SMILES string of the molecule is O=C(O)c1ccc(CC2C(=O)NNC2=O)cc1. The van der Waals surface area contributed by atoms with E-state index in [1.807, 2.05) is 0 Å². The van der Waals surface area contributed by atoms with Crippen LogP contribution in [0, 0.1) is 5.92 Å². The van der Waals surface area contributed by atoms with Gasteiger partial charge < -0.3 is 5.11 Å². The molecule has 1 aromatic carbocycles. The van der Waals surface area contributed by atoms with Crippen LogP contribution in [-0.2, 0) is 16.0 Å². The summed E-state index contributed by atoms with van der Waals surface area (Å²) in [5, 5.41) is 8.72. The Kier molecular flexibility index (Phi) is 2.78. The van der Waals surface area contributed by atoms with Gasteiger partial charge in [0.2, 0.25) is 0 Å². The topological polar surface area (TPSA) is 95.5 Å². The van der Waals surface area contributed by atoms with E-state index in [4.69, 9.17) is 5.11 Å². The Morgan fingerprint density at radius 2 is 1.65 bits per heavy atom. The van der Waals surface area contributed by atoms with Gasteiger partial charge in [-0.3, -0.25) is 20.4 Å². The Balaban J connectivity index is 2.11. The molecule has 0 bridgehead atoms. The smallest absolute Gasteiger partial charge is 0.335 e. The van der Waals surface area contributed by atoms with Crippen LogP contribution in [0.4, 0.5) is 0 Å². The summed E-state index contributed by atoms with van der Waals surface area (Å²) < 4.78 is 0. The predicted octanol–water partition coefficient (Wildman–Crippen LogP) is -0.296. The minimum Gasteiger partial charge on any atom is -0.478 e. The highest BCUT2D eigenvalue weighted by molar-refractivity contribution is 6.05. The number of hydrogen-bond acceptors (Lipinski definition) is 3. The van der Waals surface area contributed by atoms with E-state index in [1.54, 1.807) is 12.1 Å². The second-order valence-corrected chi connectivity index (χ2v) is 3.74. The number of aromatic carboxylic acids is 1. The molecule has 0 atom stereocenters. The summed E-state index contributed by atoms with van der Waals surface area (Å²) in [4.78, 5) is 33.2. The van der Waals surface area contributed by atoms with Crippen molar-refractivity contribution in [1.29, 1.82) is 0 Å². The zero-order valence-corrected chi connectivity index (χ0v) is 8.77. The number of carboxylic acids is 1. The molecule has 6 heteroatoms. The van der Waals surface area contributed by atoms with Gasteiger partial charge in [0, 0.05) is 0 Å². The number of amides is 2. The standard InChI is InChI=1S/C11H10N2O4/c14-9-8(10(15)13-12-9)5-6-1-3-7(4-2-6)11(16)17/h1-4,8H,5H2,(H,12,14)(H,13,15)(H,16,17). The fraction of sp³-hybridized carbons (Fsp3) is 0.182. The van der Waals surface area contributed by atoms with Crippen molar-refractivity contribution < 1.29 is 19.5 Å². The fourth-order valence-electron chi connectivity index (χ4n) is 1.62. The lowest BCUT2D eigenvalue weighted by Crippen LogP contribution is -2.28. The third-order valence-electron chi connectivity index (χ3n) is 2.58. The van der Waals surface area contributed by atoms with Crippen LogP contribution in [0.15, 0.2) is 24.3 Å². The Hall–Kier alpha value is -2.37. The zero-order valence-electron chi connectivity index (χ0n) is 8.77. The van der Waals surface area contributed by atoms with Gasteiger partial charge in [-0.05, 0) is 24.1 Å². The molecule has 0 aliphatic carbocycles. The molecule has 17 heavy (non-hydrogen) atoms. The molecular weight excluding hydrogens is 224 g/mol. The third-order valence-corrected chi connectivity index (χ3v) is 2.58. The van der Waals surface area contributed by atoms with Crippen LogP contribution in [0.1, 0.15) is 15.9 Å². The van der Waals surface area contributed by atoms with Gasteiger partial charge in [0.25, 0.3) is 11.8 Å². The first kappa shape index (κ1) is 11.1. The van der Waals surface area contributed by atoms with Gasteiger partial charge in [-0.2, -0.15) is 0 Å². The number of rotatable bonds is 3. The number of hydrazine groups is 1. The average Bonchev–Trinajstić information content (AvgIpc) is 2.61. The molecule has 1 aliphatic heterocycles. The summed E-state index contributed by atoms with van der Waals surface area (Å²) in [6, 6.07) is 6.09. The van der Waals surface area contributed by atoms with Crippen LogP contribution in [0.25, 0.3) is 0 Å². The van der Waals surface area contributed by atoms with Crippen molar-refractivity contribution in [3.05, 3.63) is 35.4 Å². The predicted molar refractivity (Wildman–Crippen MR) is 56.9 cm³/mol.